The molecule has 0 aliphatic carbocycles. The summed E-state index contributed by atoms with van der Waals surface area (Å²) in [6.45, 7) is 1.38. The van der Waals surface area contributed by atoms with Crippen molar-refractivity contribution in [2.75, 3.05) is 16.4 Å². The number of rotatable bonds is 6. The lowest BCUT2D eigenvalue weighted by molar-refractivity contribution is -0.114. The molecular formula is C24H21FN6O4S. The van der Waals surface area contributed by atoms with Crippen LogP contribution in [0, 0.1) is 5.82 Å². The number of amides is 2. The maximum atomic E-state index is 14.5. The molecule has 0 radical (unpaired) electrons. The smallest absolute Gasteiger partial charge is 0.326 e. The molecule has 0 bridgehead atoms. The number of benzene rings is 2. The molecule has 2 amide bonds. The number of thioether (sulfide) groups is 1. The van der Waals surface area contributed by atoms with Crippen molar-refractivity contribution < 1.29 is 14.0 Å². The summed E-state index contributed by atoms with van der Waals surface area (Å²) < 4.78 is 16.6. The molecule has 0 fully saturated rings. The molecule has 2 heterocycles. The van der Waals surface area contributed by atoms with E-state index in [0.717, 1.165) is 16.3 Å². The lowest BCUT2D eigenvalue weighted by Gasteiger charge is -2.12. The molecule has 12 heteroatoms. The van der Waals surface area contributed by atoms with E-state index in [2.05, 4.69) is 20.6 Å². The molecule has 2 aromatic heterocycles. The van der Waals surface area contributed by atoms with Gasteiger partial charge in [0.05, 0.1) is 11.3 Å². The first-order valence-electron chi connectivity index (χ1n) is 10.7. The van der Waals surface area contributed by atoms with Crippen molar-refractivity contribution in [1.29, 1.82) is 0 Å². The highest BCUT2D eigenvalue weighted by Crippen LogP contribution is 2.27. The van der Waals surface area contributed by atoms with E-state index in [0.29, 0.717) is 11.4 Å². The number of hydrogen-bond donors (Lipinski definition) is 2. The fraction of sp³-hybridized carbons (Fsp3) is 0.167. The number of halogens is 1. The lowest BCUT2D eigenvalue weighted by atomic mass is 10.2. The van der Waals surface area contributed by atoms with E-state index in [1.165, 1.54) is 43.8 Å². The van der Waals surface area contributed by atoms with Crippen LogP contribution in [0.1, 0.15) is 6.92 Å². The molecule has 0 unspecified atom stereocenters. The first kappa shape index (κ1) is 24.8. The third kappa shape index (κ3) is 5.03. The minimum absolute atomic E-state index is 0.0187. The molecule has 0 spiro atoms. The van der Waals surface area contributed by atoms with E-state index < -0.39 is 23.0 Å². The second kappa shape index (κ2) is 10.1. The summed E-state index contributed by atoms with van der Waals surface area (Å²) in [6, 6.07) is 12.5. The van der Waals surface area contributed by atoms with Gasteiger partial charge >= 0.3 is 5.69 Å². The number of anilines is 2. The maximum Gasteiger partial charge on any atom is 0.332 e. The number of nitrogens with one attached hydrogen (secondary N) is 2. The molecule has 4 aromatic rings. The van der Waals surface area contributed by atoms with Gasteiger partial charge in [0.2, 0.25) is 11.8 Å². The molecule has 0 aliphatic rings. The van der Waals surface area contributed by atoms with Crippen molar-refractivity contribution in [3.8, 4) is 11.4 Å². The van der Waals surface area contributed by atoms with Crippen LogP contribution in [0.4, 0.5) is 15.8 Å². The van der Waals surface area contributed by atoms with Gasteiger partial charge in [-0.3, -0.25) is 23.5 Å². The predicted molar refractivity (Wildman–Crippen MR) is 136 cm³/mol. The molecule has 4 rings (SSSR count). The molecule has 36 heavy (non-hydrogen) atoms. The second-order valence-electron chi connectivity index (χ2n) is 7.84. The number of aryl methyl sites for hydroxylation is 1. The van der Waals surface area contributed by atoms with Gasteiger partial charge in [0.15, 0.2) is 11.5 Å². The summed E-state index contributed by atoms with van der Waals surface area (Å²) in [5, 5.41) is 5.54. The Kier molecular flexibility index (Phi) is 6.97. The average molecular weight is 509 g/mol. The van der Waals surface area contributed by atoms with Crippen LogP contribution in [0.25, 0.3) is 22.4 Å². The van der Waals surface area contributed by atoms with Crippen molar-refractivity contribution in [3.63, 3.8) is 0 Å². The third-order valence-electron chi connectivity index (χ3n) is 5.19. The van der Waals surface area contributed by atoms with Crippen molar-refractivity contribution >= 4 is 46.0 Å². The molecule has 10 nitrogen and oxygen atoms in total. The highest BCUT2D eigenvalue weighted by atomic mass is 32.2. The molecule has 2 N–H and O–H groups in total. The van der Waals surface area contributed by atoms with E-state index in [-0.39, 0.29) is 39.1 Å². The van der Waals surface area contributed by atoms with Crippen molar-refractivity contribution in [1.82, 2.24) is 19.1 Å². The number of carbonyl (C=O) groups excluding carboxylic acids is 2. The first-order chi connectivity index (χ1) is 17.2. The molecule has 2 aromatic carbocycles. The Balaban J connectivity index is 1.70. The fourth-order valence-electron chi connectivity index (χ4n) is 3.51. The second-order valence-corrected chi connectivity index (χ2v) is 8.80. The van der Waals surface area contributed by atoms with Gasteiger partial charge in [-0.2, -0.15) is 0 Å². The van der Waals surface area contributed by atoms with Gasteiger partial charge in [-0.1, -0.05) is 30.0 Å². The van der Waals surface area contributed by atoms with Crippen LogP contribution in [0.5, 0.6) is 0 Å². The predicted octanol–water partition coefficient (Wildman–Crippen LogP) is 2.52. The largest absolute Gasteiger partial charge is 0.332 e. The highest BCUT2D eigenvalue weighted by molar-refractivity contribution is 8.00. The molecule has 184 valence electrons. The lowest BCUT2D eigenvalue weighted by Crippen LogP contribution is -2.37. The van der Waals surface area contributed by atoms with Gasteiger partial charge in [0.25, 0.3) is 5.56 Å². The van der Waals surface area contributed by atoms with Crippen LogP contribution in [-0.4, -0.2) is 36.7 Å². The number of fused-ring (bicyclic) bond motifs is 1. The summed E-state index contributed by atoms with van der Waals surface area (Å²) in [6.07, 6.45) is 0. The van der Waals surface area contributed by atoms with Crippen LogP contribution >= 0.6 is 11.8 Å². The van der Waals surface area contributed by atoms with Gasteiger partial charge in [-0.25, -0.2) is 19.2 Å². The number of hydrogen-bond acceptors (Lipinski definition) is 7. The molecule has 0 aliphatic heterocycles. The Morgan fingerprint density at radius 2 is 1.67 bits per heavy atom. The standard InChI is InChI=1S/C24H21FN6O4S/c1-13(32)26-14-7-6-8-15(11-14)27-18(33)12-36-22-19-21(30(2)24(35)31(3)23(19)34)28-20(29-22)16-9-4-5-10-17(16)25/h4-11H,12H2,1-3H3,(H,26,32)(H,27,33). The summed E-state index contributed by atoms with van der Waals surface area (Å²) in [4.78, 5) is 58.1. The molecule has 0 atom stereocenters. The van der Waals surface area contributed by atoms with Gasteiger partial charge < -0.3 is 10.6 Å². The number of aromatic nitrogens is 4. The minimum Gasteiger partial charge on any atom is -0.326 e. The SMILES string of the molecule is CC(=O)Nc1cccc(NC(=O)CSc2nc(-c3ccccc3F)nc3c2c(=O)n(C)c(=O)n3C)c1. The Morgan fingerprint density at radius 3 is 2.36 bits per heavy atom. The third-order valence-corrected chi connectivity index (χ3v) is 6.16. The average Bonchev–Trinajstić information content (AvgIpc) is 2.84. The first-order valence-corrected chi connectivity index (χ1v) is 11.7. The quantitative estimate of drug-likeness (QED) is 0.303. The molecular weight excluding hydrogens is 487 g/mol. The van der Waals surface area contributed by atoms with Crippen molar-refractivity contribution in [3.05, 3.63) is 75.2 Å². The topological polar surface area (TPSA) is 128 Å². The summed E-state index contributed by atoms with van der Waals surface area (Å²) >= 11 is 0.960. The summed E-state index contributed by atoms with van der Waals surface area (Å²) in [5.41, 5.74) is -0.119. The van der Waals surface area contributed by atoms with E-state index in [1.807, 2.05) is 0 Å². The van der Waals surface area contributed by atoms with Gasteiger partial charge in [0.1, 0.15) is 16.2 Å². The Bertz CT molecular complexity index is 1630. The highest BCUT2D eigenvalue weighted by Gasteiger charge is 2.20. The van der Waals surface area contributed by atoms with Crippen molar-refractivity contribution in [2.45, 2.75) is 11.9 Å². The summed E-state index contributed by atoms with van der Waals surface area (Å²) in [7, 11) is 2.78. The van der Waals surface area contributed by atoms with Gasteiger partial charge in [-0.05, 0) is 30.3 Å². The number of carbonyl (C=O) groups is 2. The Labute approximate surface area is 208 Å². The summed E-state index contributed by atoms with van der Waals surface area (Å²) in [5.74, 6) is -1.38. The van der Waals surface area contributed by atoms with E-state index in [4.69, 9.17) is 0 Å². The Morgan fingerprint density at radius 1 is 0.972 bits per heavy atom. The van der Waals surface area contributed by atoms with Crippen LogP contribution in [-0.2, 0) is 23.7 Å². The van der Waals surface area contributed by atoms with Crippen LogP contribution in [0.3, 0.4) is 0 Å². The van der Waals surface area contributed by atoms with Crippen molar-refractivity contribution in [2.24, 2.45) is 14.1 Å². The molecule has 0 saturated carbocycles. The fourth-order valence-corrected chi connectivity index (χ4v) is 4.32. The zero-order valence-electron chi connectivity index (χ0n) is 19.5. The zero-order valence-corrected chi connectivity index (χ0v) is 20.4. The van der Waals surface area contributed by atoms with E-state index in [9.17, 15) is 23.6 Å². The zero-order chi connectivity index (χ0) is 26.0. The van der Waals surface area contributed by atoms with Gasteiger partial charge in [-0.15, -0.1) is 0 Å². The Hall–Kier alpha value is -4.32. The van der Waals surface area contributed by atoms with Gasteiger partial charge in [0, 0.05) is 32.4 Å². The van der Waals surface area contributed by atoms with E-state index >= 15 is 0 Å². The number of nitrogens with zero attached hydrogens (tertiary/aromatic N) is 4. The maximum absolute atomic E-state index is 14.5. The van der Waals surface area contributed by atoms with Crippen LogP contribution in [0.15, 0.2) is 63.1 Å². The monoisotopic (exact) mass is 508 g/mol. The van der Waals surface area contributed by atoms with Crippen LogP contribution in [0.2, 0.25) is 0 Å². The van der Waals surface area contributed by atoms with Crippen LogP contribution < -0.4 is 21.9 Å². The molecule has 0 saturated heterocycles. The van der Waals surface area contributed by atoms with E-state index in [1.54, 1.807) is 30.3 Å². The normalized spacial score (nSPS) is 10.9. The minimum atomic E-state index is -0.626.